The highest BCUT2D eigenvalue weighted by atomic mass is 16.5. The fraction of sp³-hybridized carbons (Fsp3) is 0.333. The molecule has 1 unspecified atom stereocenters. The zero-order valence-corrected chi connectivity index (χ0v) is 7.24. The van der Waals surface area contributed by atoms with Gasteiger partial charge in [-0.1, -0.05) is 6.07 Å². The third kappa shape index (κ3) is 1.68. The van der Waals surface area contributed by atoms with Crippen LogP contribution in [0.15, 0.2) is 18.2 Å². The Kier molecular flexibility index (Phi) is 2.55. The summed E-state index contributed by atoms with van der Waals surface area (Å²) in [5, 5.41) is 9.25. The van der Waals surface area contributed by atoms with Gasteiger partial charge in [0.1, 0.15) is 0 Å². The predicted octanol–water partition coefficient (Wildman–Crippen LogP) is 1.42. The van der Waals surface area contributed by atoms with E-state index in [1.54, 1.807) is 18.2 Å². The Morgan fingerprint density at radius 2 is 2.17 bits per heavy atom. The molecular weight excluding hydrogens is 154 g/mol. The summed E-state index contributed by atoms with van der Waals surface area (Å²) in [6.07, 6.45) is 0. The fourth-order valence-electron chi connectivity index (χ4n) is 0.977. The van der Waals surface area contributed by atoms with E-state index in [0.717, 1.165) is 5.56 Å². The summed E-state index contributed by atoms with van der Waals surface area (Å²) in [7, 11) is 1.51. The number of ether oxygens (including phenoxy) is 1. The minimum atomic E-state index is -0.0421. The SMILES string of the molecule is COc1cc(C(C)N)ccc1O. The molecule has 0 amide bonds. The van der Waals surface area contributed by atoms with Gasteiger partial charge in [0.15, 0.2) is 11.5 Å². The van der Waals surface area contributed by atoms with Gasteiger partial charge in [0, 0.05) is 6.04 Å². The first-order valence-electron chi connectivity index (χ1n) is 3.77. The van der Waals surface area contributed by atoms with Crippen molar-refractivity contribution in [2.24, 2.45) is 5.73 Å². The van der Waals surface area contributed by atoms with Gasteiger partial charge in [0.05, 0.1) is 7.11 Å². The van der Waals surface area contributed by atoms with Crippen LogP contribution in [0, 0.1) is 0 Å². The van der Waals surface area contributed by atoms with Crippen molar-refractivity contribution in [3.05, 3.63) is 23.8 Å². The Bertz CT molecular complexity index is 271. The lowest BCUT2D eigenvalue weighted by Gasteiger charge is -2.08. The summed E-state index contributed by atoms with van der Waals surface area (Å²) in [6.45, 7) is 1.88. The number of rotatable bonds is 2. The Morgan fingerprint density at radius 3 is 2.67 bits per heavy atom. The normalized spacial score (nSPS) is 12.6. The second-order valence-corrected chi connectivity index (χ2v) is 2.72. The predicted molar refractivity (Wildman–Crippen MR) is 47.3 cm³/mol. The van der Waals surface area contributed by atoms with Crippen molar-refractivity contribution >= 4 is 0 Å². The minimum Gasteiger partial charge on any atom is -0.504 e. The van der Waals surface area contributed by atoms with E-state index in [1.807, 2.05) is 6.92 Å². The van der Waals surface area contributed by atoms with Gasteiger partial charge in [0.2, 0.25) is 0 Å². The first kappa shape index (κ1) is 8.87. The first-order chi connectivity index (χ1) is 5.65. The molecule has 0 radical (unpaired) electrons. The third-order valence-corrected chi connectivity index (χ3v) is 1.73. The van der Waals surface area contributed by atoms with E-state index < -0.39 is 0 Å². The number of aromatic hydroxyl groups is 1. The highest BCUT2D eigenvalue weighted by Crippen LogP contribution is 2.27. The van der Waals surface area contributed by atoms with Crippen LogP contribution in [0.5, 0.6) is 11.5 Å². The molecule has 3 N–H and O–H groups in total. The second-order valence-electron chi connectivity index (χ2n) is 2.72. The molecule has 0 aromatic heterocycles. The van der Waals surface area contributed by atoms with E-state index >= 15 is 0 Å². The highest BCUT2D eigenvalue weighted by molar-refractivity contribution is 5.42. The van der Waals surface area contributed by atoms with Gasteiger partial charge in [-0.25, -0.2) is 0 Å². The molecule has 1 rings (SSSR count). The average Bonchev–Trinajstić information content (AvgIpc) is 2.05. The molecule has 0 fully saturated rings. The molecule has 1 atom stereocenters. The molecule has 12 heavy (non-hydrogen) atoms. The Balaban J connectivity index is 3.05. The number of phenolic OH excluding ortho intramolecular Hbond substituents is 1. The van der Waals surface area contributed by atoms with E-state index in [1.165, 1.54) is 7.11 Å². The summed E-state index contributed by atoms with van der Waals surface area (Å²) >= 11 is 0. The monoisotopic (exact) mass is 167 g/mol. The highest BCUT2D eigenvalue weighted by Gasteiger charge is 2.04. The largest absolute Gasteiger partial charge is 0.504 e. The average molecular weight is 167 g/mol. The summed E-state index contributed by atoms with van der Waals surface area (Å²) < 4.78 is 4.93. The maximum Gasteiger partial charge on any atom is 0.160 e. The number of methoxy groups -OCH3 is 1. The van der Waals surface area contributed by atoms with Gasteiger partial charge in [-0.15, -0.1) is 0 Å². The van der Waals surface area contributed by atoms with E-state index in [2.05, 4.69) is 0 Å². The second kappa shape index (κ2) is 3.45. The van der Waals surface area contributed by atoms with Crippen LogP contribution < -0.4 is 10.5 Å². The van der Waals surface area contributed by atoms with Crippen molar-refractivity contribution in [3.63, 3.8) is 0 Å². The topological polar surface area (TPSA) is 55.5 Å². The van der Waals surface area contributed by atoms with Crippen LogP contribution in [0.2, 0.25) is 0 Å². The van der Waals surface area contributed by atoms with E-state index in [4.69, 9.17) is 10.5 Å². The van der Waals surface area contributed by atoms with E-state index in [9.17, 15) is 5.11 Å². The summed E-state index contributed by atoms with van der Waals surface area (Å²) in [4.78, 5) is 0. The van der Waals surface area contributed by atoms with Crippen LogP contribution in [0.3, 0.4) is 0 Å². The minimum absolute atomic E-state index is 0.0421. The van der Waals surface area contributed by atoms with E-state index in [-0.39, 0.29) is 11.8 Å². The van der Waals surface area contributed by atoms with Gasteiger partial charge in [0.25, 0.3) is 0 Å². The van der Waals surface area contributed by atoms with Crippen molar-refractivity contribution in [3.8, 4) is 11.5 Å². The van der Waals surface area contributed by atoms with Gasteiger partial charge >= 0.3 is 0 Å². The number of benzene rings is 1. The van der Waals surface area contributed by atoms with Crippen molar-refractivity contribution in [2.45, 2.75) is 13.0 Å². The first-order valence-corrected chi connectivity index (χ1v) is 3.77. The molecular formula is C9H13NO2. The molecule has 0 bridgehead atoms. The molecule has 1 aromatic rings. The van der Waals surface area contributed by atoms with Crippen LogP contribution in [0.25, 0.3) is 0 Å². The number of nitrogens with two attached hydrogens (primary N) is 1. The van der Waals surface area contributed by atoms with Crippen LogP contribution in [0.4, 0.5) is 0 Å². The smallest absolute Gasteiger partial charge is 0.160 e. The molecule has 0 spiro atoms. The molecule has 1 aromatic carbocycles. The van der Waals surface area contributed by atoms with Crippen molar-refractivity contribution < 1.29 is 9.84 Å². The standard InChI is InChI=1S/C9H13NO2/c1-6(10)7-3-4-8(11)9(5-7)12-2/h3-6,11H,10H2,1-2H3. The van der Waals surface area contributed by atoms with Gasteiger partial charge in [-0.3, -0.25) is 0 Å². The molecule has 66 valence electrons. The van der Waals surface area contributed by atoms with Crippen LogP contribution in [-0.2, 0) is 0 Å². The van der Waals surface area contributed by atoms with Crippen molar-refractivity contribution in [1.29, 1.82) is 0 Å². The molecule has 0 saturated heterocycles. The molecule has 0 aliphatic carbocycles. The lowest BCUT2D eigenvalue weighted by atomic mass is 10.1. The quantitative estimate of drug-likeness (QED) is 0.700. The van der Waals surface area contributed by atoms with Crippen LogP contribution >= 0.6 is 0 Å². The number of hydrogen-bond donors (Lipinski definition) is 2. The maximum atomic E-state index is 9.25. The maximum absolute atomic E-state index is 9.25. The van der Waals surface area contributed by atoms with Crippen molar-refractivity contribution in [2.75, 3.05) is 7.11 Å². The molecule has 0 saturated carbocycles. The molecule has 3 heteroatoms. The Hall–Kier alpha value is -1.22. The lowest BCUT2D eigenvalue weighted by Crippen LogP contribution is -2.04. The number of phenols is 1. The zero-order chi connectivity index (χ0) is 9.14. The summed E-state index contributed by atoms with van der Waals surface area (Å²) in [5.41, 5.74) is 6.60. The Morgan fingerprint density at radius 1 is 1.50 bits per heavy atom. The summed E-state index contributed by atoms with van der Waals surface area (Å²) in [6, 6.07) is 5.06. The third-order valence-electron chi connectivity index (χ3n) is 1.73. The van der Waals surface area contributed by atoms with Gasteiger partial charge < -0.3 is 15.6 Å². The fourth-order valence-corrected chi connectivity index (χ4v) is 0.977. The van der Waals surface area contributed by atoms with E-state index in [0.29, 0.717) is 5.75 Å². The Labute approximate surface area is 71.8 Å². The molecule has 0 aliphatic heterocycles. The van der Waals surface area contributed by atoms with Gasteiger partial charge in [-0.05, 0) is 24.6 Å². The van der Waals surface area contributed by atoms with Gasteiger partial charge in [-0.2, -0.15) is 0 Å². The lowest BCUT2D eigenvalue weighted by molar-refractivity contribution is 0.372. The summed E-state index contributed by atoms with van der Waals surface area (Å²) in [5.74, 6) is 0.603. The van der Waals surface area contributed by atoms with Crippen LogP contribution in [-0.4, -0.2) is 12.2 Å². The zero-order valence-electron chi connectivity index (χ0n) is 7.24. The van der Waals surface area contributed by atoms with Crippen molar-refractivity contribution in [1.82, 2.24) is 0 Å². The molecule has 0 aliphatic rings. The number of hydrogen-bond acceptors (Lipinski definition) is 3. The molecule has 3 nitrogen and oxygen atoms in total. The molecule has 0 heterocycles. The van der Waals surface area contributed by atoms with Crippen LogP contribution in [0.1, 0.15) is 18.5 Å².